The van der Waals surface area contributed by atoms with E-state index in [0.717, 1.165) is 24.8 Å². The average Bonchev–Trinajstić information content (AvgIpc) is 3.33. The maximum absolute atomic E-state index is 13.8. The highest BCUT2D eigenvalue weighted by Gasteiger charge is 2.33. The van der Waals surface area contributed by atoms with E-state index in [1.165, 1.54) is 4.88 Å². The van der Waals surface area contributed by atoms with Crippen LogP contribution in [0, 0.1) is 11.3 Å². The van der Waals surface area contributed by atoms with Crippen molar-refractivity contribution in [2.24, 2.45) is 16.3 Å². The van der Waals surface area contributed by atoms with E-state index in [2.05, 4.69) is 26.1 Å². The maximum Gasteiger partial charge on any atom is 0.338 e. The van der Waals surface area contributed by atoms with Gasteiger partial charge in [-0.05, 0) is 79.5 Å². The molecule has 3 aromatic rings. The standard InChI is InChI=1S/C32H38N2O6S/c1-8-40-31(36)19-9-13-22(14-10-19)34-29(35)26-23-15-12-21(32(2,3)4)17-25(23)41-30(26)33-18-20-11-16-24(37-5)28(39-7)27(20)38-6/h9-11,13-14,16,18,21H,8,12,15,17H2,1-7H3,(H,34,35)/b33-18+. The van der Waals surface area contributed by atoms with E-state index in [9.17, 15) is 9.59 Å². The van der Waals surface area contributed by atoms with Crippen LogP contribution in [-0.2, 0) is 17.6 Å². The average molecular weight is 579 g/mol. The van der Waals surface area contributed by atoms with E-state index in [0.29, 0.717) is 57.2 Å². The first-order valence-electron chi connectivity index (χ1n) is 13.7. The number of fused-ring (bicyclic) bond motifs is 1. The number of amides is 1. The van der Waals surface area contributed by atoms with Crippen LogP contribution < -0.4 is 19.5 Å². The third-order valence-electron chi connectivity index (χ3n) is 7.41. The lowest BCUT2D eigenvalue weighted by atomic mass is 9.72. The van der Waals surface area contributed by atoms with Crippen molar-refractivity contribution in [3.8, 4) is 17.2 Å². The molecule has 0 radical (unpaired) electrons. The highest BCUT2D eigenvalue weighted by molar-refractivity contribution is 7.16. The van der Waals surface area contributed by atoms with Gasteiger partial charge in [-0.2, -0.15) is 0 Å². The summed E-state index contributed by atoms with van der Waals surface area (Å²) in [5, 5.41) is 3.65. The lowest BCUT2D eigenvalue weighted by molar-refractivity contribution is 0.0526. The summed E-state index contributed by atoms with van der Waals surface area (Å²) in [5.41, 5.74) is 3.53. The summed E-state index contributed by atoms with van der Waals surface area (Å²) in [7, 11) is 4.69. The predicted molar refractivity (Wildman–Crippen MR) is 163 cm³/mol. The number of methoxy groups -OCH3 is 3. The molecule has 1 N–H and O–H groups in total. The summed E-state index contributed by atoms with van der Waals surface area (Å²) in [4.78, 5) is 31.8. The summed E-state index contributed by atoms with van der Waals surface area (Å²) in [6.45, 7) is 8.87. The van der Waals surface area contributed by atoms with Gasteiger partial charge >= 0.3 is 5.97 Å². The zero-order valence-corrected chi connectivity index (χ0v) is 25.6. The van der Waals surface area contributed by atoms with Crippen LogP contribution in [0.1, 0.15) is 70.8 Å². The second-order valence-electron chi connectivity index (χ2n) is 10.9. The molecule has 0 saturated carbocycles. The number of nitrogens with one attached hydrogen (secondary N) is 1. The number of thiophene rings is 1. The lowest BCUT2D eigenvalue weighted by Crippen LogP contribution is -2.27. The first kappa shape index (κ1) is 30.1. The molecule has 1 heterocycles. The van der Waals surface area contributed by atoms with E-state index in [1.54, 1.807) is 76.1 Å². The lowest BCUT2D eigenvalue weighted by Gasteiger charge is -2.33. The van der Waals surface area contributed by atoms with Gasteiger partial charge in [0, 0.05) is 22.3 Å². The number of carbonyl (C=O) groups is 2. The Kier molecular flexibility index (Phi) is 9.38. The van der Waals surface area contributed by atoms with Crippen molar-refractivity contribution in [1.29, 1.82) is 0 Å². The molecule has 0 spiro atoms. The molecule has 0 bridgehead atoms. The summed E-state index contributed by atoms with van der Waals surface area (Å²) < 4.78 is 21.6. The van der Waals surface area contributed by atoms with E-state index < -0.39 is 5.97 Å². The monoisotopic (exact) mass is 578 g/mol. The third kappa shape index (κ3) is 6.56. The van der Waals surface area contributed by atoms with Crippen LogP contribution in [0.4, 0.5) is 10.7 Å². The van der Waals surface area contributed by atoms with Gasteiger partial charge < -0.3 is 24.3 Å². The number of hydrogen-bond acceptors (Lipinski definition) is 8. The topological polar surface area (TPSA) is 95.5 Å². The van der Waals surface area contributed by atoms with Gasteiger partial charge in [0.15, 0.2) is 11.5 Å². The number of nitrogens with zero attached hydrogens (tertiary/aromatic N) is 1. The Morgan fingerprint density at radius 3 is 2.34 bits per heavy atom. The Balaban J connectivity index is 1.70. The van der Waals surface area contributed by atoms with Crippen molar-refractivity contribution in [1.82, 2.24) is 0 Å². The van der Waals surface area contributed by atoms with Gasteiger partial charge in [-0.3, -0.25) is 4.79 Å². The normalized spacial score (nSPS) is 14.9. The van der Waals surface area contributed by atoms with Gasteiger partial charge in [-0.25, -0.2) is 9.79 Å². The summed E-state index contributed by atoms with van der Waals surface area (Å²) in [6.07, 6.45) is 4.43. The minimum absolute atomic E-state index is 0.168. The summed E-state index contributed by atoms with van der Waals surface area (Å²) >= 11 is 1.57. The third-order valence-corrected chi connectivity index (χ3v) is 8.57. The van der Waals surface area contributed by atoms with Gasteiger partial charge in [-0.1, -0.05) is 20.8 Å². The number of anilines is 1. The summed E-state index contributed by atoms with van der Waals surface area (Å²) in [5.74, 6) is 1.41. The van der Waals surface area contributed by atoms with Crippen molar-refractivity contribution in [3.05, 3.63) is 63.5 Å². The van der Waals surface area contributed by atoms with Crippen molar-refractivity contribution in [2.45, 2.75) is 47.0 Å². The number of hydrogen-bond donors (Lipinski definition) is 1. The minimum atomic E-state index is -0.395. The predicted octanol–water partition coefficient (Wildman–Crippen LogP) is 7.10. The van der Waals surface area contributed by atoms with E-state index in [-0.39, 0.29) is 11.3 Å². The van der Waals surface area contributed by atoms with Crippen molar-refractivity contribution >= 4 is 40.1 Å². The Hall–Kier alpha value is -3.85. The molecule has 218 valence electrons. The zero-order chi connectivity index (χ0) is 29.7. The smallest absolute Gasteiger partial charge is 0.338 e. The molecule has 41 heavy (non-hydrogen) atoms. The molecule has 1 atom stereocenters. The fourth-order valence-electron chi connectivity index (χ4n) is 5.09. The summed E-state index contributed by atoms with van der Waals surface area (Å²) in [6, 6.07) is 10.3. The molecule has 2 aromatic carbocycles. The largest absolute Gasteiger partial charge is 0.493 e. The second-order valence-corrected chi connectivity index (χ2v) is 12.0. The Morgan fingerprint density at radius 1 is 1.02 bits per heavy atom. The number of aliphatic imine (C=N–C) groups is 1. The Bertz CT molecular complexity index is 1440. The van der Waals surface area contributed by atoms with Gasteiger partial charge in [0.05, 0.1) is 39.1 Å². The quantitative estimate of drug-likeness (QED) is 0.215. The highest BCUT2D eigenvalue weighted by atomic mass is 32.1. The molecule has 0 aliphatic heterocycles. The molecule has 1 aliphatic carbocycles. The van der Waals surface area contributed by atoms with Crippen LogP contribution in [0.3, 0.4) is 0 Å². The van der Waals surface area contributed by atoms with Crippen LogP contribution in [0.15, 0.2) is 41.4 Å². The van der Waals surface area contributed by atoms with E-state index in [1.807, 2.05) is 6.07 Å². The van der Waals surface area contributed by atoms with Crippen LogP contribution >= 0.6 is 11.3 Å². The molecule has 4 rings (SSSR count). The van der Waals surface area contributed by atoms with Crippen LogP contribution in [0.2, 0.25) is 0 Å². The molecular weight excluding hydrogens is 540 g/mol. The van der Waals surface area contributed by atoms with Crippen molar-refractivity contribution < 1.29 is 28.5 Å². The molecule has 1 unspecified atom stereocenters. The number of benzene rings is 2. The van der Waals surface area contributed by atoms with E-state index in [4.69, 9.17) is 23.9 Å². The Labute approximate surface area is 245 Å². The van der Waals surface area contributed by atoms with E-state index >= 15 is 0 Å². The fourth-order valence-corrected chi connectivity index (χ4v) is 6.36. The number of rotatable bonds is 9. The van der Waals surface area contributed by atoms with Crippen LogP contribution in [0.5, 0.6) is 17.2 Å². The molecule has 1 amide bonds. The van der Waals surface area contributed by atoms with Gasteiger partial charge in [0.2, 0.25) is 5.75 Å². The van der Waals surface area contributed by atoms with Crippen LogP contribution in [-0.4, -0.2) is 46.0 Å². The van der Waals surface area contributed by atoms with Gasteiger partial charge in [0.25, 0.3) is 5.91 Å². The van der Waals surface area contributed by atoms with Crippen LogP contribution in [0.25, 0.3) is 0 Å². The number of carbonyl (C=O) groups excluding carboxylic acids is 2. The molecule has 0 saturated heterocycles. The number of ether oxygens (including phenoxy) is 4. The van der Waals surface area contributed by atoms with Crippen molar-refractivity contribution in [3.63, 3.8) is 0 Å². The molecule has 1 aromatic heterocycles. The SMILES string of the molecule is CCOC(=O)c1ccc(NC(=O)c2c(/N=C/c3ccc(OC)c(OC)c3OC)sc3c2CCC(C(C)(C)C)C3)cc1. The minimum Gasteiger partial charge on any atom is -0.493 e. The van der Waals surface area contributed by atoms with Gasteiger partial charge in [0.1, 0.15) is 5.00 Å². The zero-order valence-electron chi connectivity index (χ0n) is 24.8. The Morgan fingerprint density at radius 2 is 1.73 bits per heavy atom. The first-order valence-corrected chi connectivity index (χ1v) is 14.5. The van der Waals surface area contributed by atoms with Gasteiger partial charge in [-0.15, -0.1) is 11.3 Å². The second kappa shape index (κ2) is 12.8. The molecule has 1 aliphatic rings. The highest BCUT2D eigenvalue weighted by Crippen LogP contribution is 2.46. The fraction of sp³-hybridized carbons (Fsp3) is 0.406. The molecular formula is C32H38N2O6S. The molecule has 8 nitrogen and oxygen atoms in total. The first-order chi connectivity index (χ1) is 19.6. The number of esters is 1. The molecule has 9 heteroatoms. The maximum atomic E-state index is 13.8. The van der Waals surface area contributed by atoms with Crippen molar-refractivity contribution in [2.75, 3.05) is 33.3 Å². The molecule has 0 fully saturated rings.